The van der Waals surface area contributed by atoms with Crippen molar-refractivity contribution in [1.29, 1.82) is 0 Å². The zero-order valence-corrected chi connectivity index (χ0v) is 11.3. The zero-order valence-electron chi connectivity index (χ0n) is 9.77. The molecule has 1 aromatic rings. The van der Waals surface area contributed by atoms with Gasteiger partial charge in [-0.2, -0.15) is 13.1 Å². The molecule has 0 amide bonds. The van der Waals surface area contributed by atoms with E-state index < -0.39 is 16.2 Å². The van der Waals surface area contributed by atoms with Gasteiger partial charge in [0.1, 0.15) is 0 Å². The molecule has 0 atom stereocenters. The number of aromatic carboxylic acids is 1. The van der Waals surface area contributed by atoms with Crippen molar-refractivity contribution in [3.8, 4) is 0 Å². The number of carbonyl (C=O) groups is 1. The van der Waals surface area contributed by atoms with Crippen LogP contribution in [-0.4, -0.2) is 25.5 Å². The van der Waals surface area contributed by atoms with Crippen LogP contribution in [0.25, 0.3) is 0 Å². The third-order valence-electron chi connectivity index (χ3n) is 1.85. The molecule has 1 aromatic carbocycles. The van der Waals surface area contributed by atoms with Gasteiger partial charge in [0.25, 0.3) is 10.2 Å². The molecule has 8 heteroatoms. The first-order valence-electron chi connectivity index (χ1n) is 5.04. The Balaban J connectivity index is 3.10. The molecular formula is C10H13ClN2O4S. The predicted octanol–water partition coefficient (Wildman–Crippen LogP) is 1.69. The molecule has 100 valence electrons. The summed E-state index contributed by atoms with van der Waals surface area (Å²) < 4.78 is 27.7. The fraction of sp³-hybridized carbons (Fsp3) is 0.300. The van der Waals surface area contributed by atoms with Crippen molar-refractivity contribution in [2.75, 3.05) is 4.72 Å². The third kappa shape index (κ3) is 4.17. The lowest BCUT2D eigenvalue weighted by Gasteiger charge is -2.13. The molecule has 1 rings (SSSR count). The van der Waals surface area contributed by atoms with Crippen molar-refractivity contribution in [2.45, 2.75) is 19.9 Å². The van der Waals surface area contributed by atoms with E-state index in [-0.39, 0.29) is 22.3 Å². The lowest BCUT2D eigenvalue weighted by molar-refractivity contribution is 0.0698. The minimum absolute atomic E-state index is 0.0804. The van der Waals surface area contributed by atoms with Gasteiger partial charge in [-0.15, -0.1) is 0 Å². The van der Waals surface area contributed by atoms with Crippen molar-refractivity contribution in [3.05, 3.63) is 28.8 Å². The highest BCUT2D eigenvalue weighted by Gasteiger charge is 2.17. The molecule has 0 radical (unpaired) electrons. The van der Waals surface area contributed by atoms with Crippen molar-refractivity contribution in [2.24, 2.45) is 0 Å². The first-order chi connectivity index (χ1) is 8.21. The van der Waals surface area contributed by atoms with Crippen LogP contribution in [0, 0.1) is 0 Å². The fourth-order valence-corrected chi connectivity index (χ4v) is 2.58. The molecule has 6 nitrogen and oxygen atoms in total. The molecule has 0 bridgehead atoms. The summed E-state index contributed by atoms with van der Waals surface area (Å²) >= 11 is 5.71. The smallest absolute Gasteiger partial charge is 0.337 e. The monoisotopic (exact) mass is 292 g/mol. The maximum atomic E-state index is 11.6. The quantitative estimate of drug-likeness (QED) is 0.769. The largest absolute Gasteiger partial charge is 0.478 e. The SMILES string of the molecule is CC(C)NS(=O)(=O)Nc1cc(Cl)ccc1C(=O)O. The Morgan fingerprint density at radius 3 is 2.50 bits per heavy atom. The maximum absolute atomic E-state index is 11.6. The Bertz CT molecular complexity index is 557. The van der Waals surface area contributed by atoms with E-state index in [1.165, 1.54) is 18.2 Å². The number of rotatable bonds is 5. The minimum atomic E-state index is -3.83. The highest BCUT2D eigenvalue weighted by Crippen LogP contribution is 2.22. The van der Waals surface area contributed by atoms with Crippen LogP contribution in [0.4, 0.5) is 5.69 Å². The molecule has 0 aliphatic rings. The van der Waals surface area contributed by atoms with E-state index in [4.69, 9.17) is 16.7 Å². The Hall–Kier alpha value is -1.31. The van der Waals surface area contributed by atoms with Gasteiger partial charge in [-0.05, 0) is 32.0 Å². The van der Waals surface area contributed by atoms with Crippen LogP contribution >= 0.6 is 11.6 Å². The summed E-state index contributed by atoms with van der Waals surface area (Å²) in [5.74, 6) is -1.24. The summed E-state index contributed by atoms with van der Waals surface area (Å²) in [6.45, 7) is 3.30. The van der Waals surface area contributed by atoms with Crippen LogP contribution in [0.5, 0.6) is 0 Å². The second-order valence-corrected chi connectivity index (χ2v) is 5.76. The lowest BCUT2D eigenvalue weighted by Crippen LogP contribution is -2.35. The van der Waals surface area contributed by atoms with Gasteiger partial charge in [-0.25, -0.2) is 4.79 Å². The molecular weight excluding hydrogens is 280 g/mol. The molecule has 0 saturated heterocycles. The average molecular weight is 293 g/mol. The van der Waals surface area contributed by atoms with Gasteiger partial charge in [0, 0.05) is 11.1 Å². The highest BCUT2D eigenvalue weighted by molar-refractivity contribution is 7.90. The number of carboxylic acid groups (broad SMARTS) is 1. The van der Waals surface area contributed by atoms with Crippen molar-refractivity contribution >= 4 is 33.5 Å². The number of nitrogens with one attached hydrogen (secondary N) is 2. The number of benzene rings is 1. The molecule has 0 spiro atoms. The summed E-state index contributed by atoms with van der Waals surface area (Å²) in [6, 6.07) is 3.54. The minimum Gasteiger partial charge on any atom is -0.478 e. The van der Waals surface area contributed by atoms with Gasteiger partial charge in [-0.1, -0.05) is 11.6 Å². The van der Waals surface area contributed by atoms with E-state index in [0.717, 1.165) is 0 Å². The standard InChI is InChI=1S/C10H13ClN2O4S/c1-6(2)12-18(16,17)13-9-5-7(11)3-4-8(9)10(14)15/h3-6,12-13H,1-2H3,(H,14,15). The number of carboxylic acids is 1. The highest BCUT2D eigenvalue weighted by atomic mass is 35.5. The molecule has 0 fully saturated rings. The zero-order chi connectivity index (χ0) is 13.9. The summed E-state index contributed by atoms with van der Waals surface area (Å²) in [5.41, 5.74) is -0.253. The predicted molar refractivity (Wildman–Crippen MR) is 69.2 cm³/mol. The second-order valence-electron chi connectivity index (χ2n) is 3.87. The topological polar surface area (TPSA) is 95.5 Å². The van der Waals surface area contributed by atoms with Crippen molar-refractivity contribution < 1.29 is 18.3 Å². The van der Waals surface area contributed by atoms with Crippen LogP contribution in [0.2, 0.25) is 5.02 Å². The van der Waals surface area contributed by atoms with Crippen molar-refractivity contribution in [1.82, 2.24) is 4.72 Å². The van der Waals surface area contributed by atoms with E-state index in [2.05, 4.69) is 9.44 Å². The Morgan fingerprint density at radius 2 is 2.00 bits per heavy atom. The van der Waals surface area contributed by atoms with E-state index in [1.54, 1.807) is 13.8 Å². The summed E-state index contributed by atoms with van der Waals surface area (Å²) in [7, 11) is -3.83. The van der Waals surface area contributed by atoms with Gasteiger partial charge in [0.15, 0.2) is 0 Å². The van der Waals surface area contributed by atoms with Gasteiger partial charge in [0.2, 0.25) is 0 Å². The van der Waals surface area contributed by atoms with Crippen LogP contribution in [0.1, 0.15) is 24.2 Å². The fourth-order valence-electron chi connectivity index (χ4n) is 1.27. The van der Waals surface area contributed by atoms with E-state index >= 15 is 0 Å². The number of anilines is 1. The lowest BCUT2D eigenvalue weighted by atomic mass is 10.2. The van der Waals surface area contributed by atoms with Crippen LogP contribution in [0.3, 0.4) is 0 Å². The number of halogens is 1. The van der Waals surface area contributed by atoms with Crippen molar-refractivity contribution in [3.63, 3.8) is 0 Å². The van der Waals surface area contributed by atoms with Gasteiger partial charge in [-0.3, -0.25) is 4.72 Å². The van der Waals surface area contributed by atoms with E-state index in [9.17, 15) is 13.2 Å². The summed E-state index contributed by atoms with van der Waals surface area (Å²) in [6.07, 6.45) is 0. The second kappa shape index (κ2) is 5.55. The van der Waals surface area contributed by atoms with Gasteiger partial charge in [0.05, 0.1) is 11.3 Å². The van der Waals surface area contributed by atoms with E-state index in [1.807, 2.05) is 0 Å². The Kier molecular flexibility index (Phi) is 4.55. The first kappa shape index (κ1) is 14.7. The number of hydrogen-bond donors (Lipinski definition) is 3. The van der Waals surface area contributed by atoms with E-state index in [0.29, 0.717) is 0 Å². The summed E-state index contributed by atoms with van der Waals surface area (Å²) in [4.78, 5) is 10.9. The van der Waals surface area contributed by atoms with Crippen LogP contribution < -0.4 is 9.44 Å². The Morgan fingerprint density at radius 1 is 1.39 bits per heavy atom. The molecule has 0 unspecified atom stereocenters. The molecule has 0 aliphatic heterocycles. The third-order valence-corrected chi connectivity index (χ3v) is 3.35. The number of hydrogen-bond acceptors (Lipinski definition) is 3. The maximum Gasteiger partial charge on any atom is 0.337 e. The molecule has 0 aliphatic carbocycles. The van der Waals surface area contributed by atoms with Crippen LogP contribution in [0.15, 0.2) is 18.2 Å². The Labute approximate surface area is 110 Å². The molecule has 3 N–H and O–H groups in total. The average Bonchev–Trinajstić information content (AvgIpc) is 2.13. The molecule has 0 aromatic heterocycles. The normalized spacial score (nSPS) is 11.6. The summed E-state index contributed by atoms with van der Waals surface area (Å²) in [5, 5.41) is 9.18. The van der Waals surface area contributed by atoms with Gasteiger partial charge < -0.3 is 5.11 Å². The first-order valence-corrected chi connectivity index (χ1v) is 6.90. The molecule has 0 heterocycles. The molecule has 0 saturated carbocycles. The molecule has 18 heavy (non-hydrogen) atoms. The van der Waals surface area contributed by atoms with Crippen LogP contribution in [-0.2, 0) is 10.2 Å². The van der Waals surface area contributed by atoms with Gasteiger partial charge >= 0.3 is 5.97 Å².